The fourth-order valence-electron chi connectivity index (χ4n) is 1.97. The summed E-state index contributed by atoms with van der Waals surface area (Å²) in [6.45, 7) is 0. The van der Waals surface area contributed by atoms with Crippen LogP contribution in [0.1, 0.15) is 0 Å². The summed E-state index contributed by atoms with van der Waals surface area (Å²) in [7, 11) is 1.56. The maximum atomic E-state index is 6.13. The highest BCUT2D eigenvalue weighted by Gasteiger charge is 2.15. The first kappa shape index (κ1) is 13.2. The number of nitrogen functional groups attached to an aromatic ring is 1. The number of nitrogens with zero attached hydrogens (tertiary/aromatic N) is 3. The summed E-state index contributed by atoms with van der Waals surface area (Å²) >= 11 is 9.59. The number of halogens is 2. The number of nitrogens with two attached hydrogens (primary N) is 1. The van der Waals surface area contributed by atoms with Gasteiger partial charge in [0.15, 0.2) is 5.65 Å². The van der Waals surface area contributed by atoms with Gasteiger partial charge in [0.05, 0.1) is 22.3 Å². The smallest absolute Gasteiger partial charge is 0.215 e. The van der Waals surface area contributed by atoms with E-state index in [9.17, 15) is 0 Å². The van der Waals surface area contributed by atoms with Gasteiger partial charge in [-0.25, -0.2) is 4.98 Å². The lowest BCUT2D eigenvalue weighted by Gasteiger charge is -2.09. The van der Waals surface area contributed by atoms with E-state index in [1.54, 1.807) is 23.8 Å². The largest absolute Gasteiger partial charge is 0.481 e. The summed E-state index contributed by atoms with van der Waals surface area (Å²) in [5.74, 6) is 0.834. The van der Waals surface area contributed by atoms with Crippen molar-refractivity contribution in [1.29, 1.82) is 0 Å². The van der Waals surface area contributed by atoms with Crippen LogP contribution in [0.25, 0.3) is 16.9 Å². The van der Waals surface area contributed by atoms with Gasteiger partial charge in [-0.1, -0.05) is 17.7 Å². The Kier molecular flexibility index (Phi) is 3.27. The van der Waals surface area contributed by atoms with Crippen molar-refractivity contribution in [3.05, 3.63) is 39.8 Å². The van der Waals surface area contributed by atoms with Crippen LogP contribution >= 0.6 is 27.5 Å². The van der Waals surface area contributed by atoms with E-state index in [1.807, 2.05) is 18.2 Å². The molecule has 102 valence electrons. The number of methoxy groups -OCH3 is 1. The number of rotatable bonds is 2. The molecule has 0 radical (unpaired) electrons. The van der Waals surface area contributed by atoms with Gasteiger partial charge in [-0.15, -0.1) is 0 Å². The molecule has 0 saturated heterocycles. The molecule has 0 saturated carbocycles. The zero-order valence-corrected chi connectivity index (χ0v) is 12.8. The summed E-state index contributed by atoms with van der Waals surface area (Å²) in [5.41, 5.74) is 8.08. The molecular formula is C13H10BrClN4O. The van der Waals surface area contributed by atoms with Crippen LogP contribution in [0.5, 0.6) is 5.88 Å². The third kappa shape index (κ3) is 2.01. The molecule has 0 bridgehead atoms. The number of ether oxygens (including phenoxy) is 1. The van der Waals surface area contributed by atoms with Crippen molar-refractivity contribution in [3.63, 3.8) is 0 Å². The summed E-state index contributed by atoms with van der Waals surface area (Å²) in [6.07, 6.45) is 0. The average Bonchev–Trinajstić information content (AvgIpc) is 2.77. The van der Waals surface area contributed by atoms with Crippen molar-refractivity contribution in [1.82, 2.24) is 14.5 Å². The van der Waals surface area contributed by atoms with Crippen molar-refractivity contribution >= 4 is 44.6 Å². The van der Waals surface area contributed by atoms with E-state index in [4.69, 9.17) is 22.1 Å². The van der Waals surface area contributed by atoms with Crippen molar-refractivity contribution in [3.8, 4) is 11.6 Å². The van der Waals surface area contributed by atoms with Gasteiger partial charge in [-0.2, -0.15) is 4.98 Å². The first-order valence-electron chi connectivity index (χ1n) is 5.75. The van der Waals surface area contributed by atoms with Crippen molar-refractivity contribution in [2.75, 3.05) is 12.8 Å². The summed E-state index contributed by atoms with van der Waals surface area (Å²) in [4.78, 5) is 8.69. The number of fused-ring (bicyclic) bond motifs is 1. The molecule has 2 N–H and O–H groups in total. The zero-order valence-electron chi connectivity index (χ0n) is 10.5. The van der Waals surface area contributed by atoms with Crippen molar-refractivity contribution in [2.45, 2.75) is 0 Å². The molecule has 5 nitrogen and oxygen atoms in total. The van der Waals surface area contributed by atoms with E-state index in [-0.39, 0.29) is 0 Å². The van der Waals surface area contributed by atoms with E-state index in [0.29, 0.717) is 28.0 Å². The van der Waals surface area contributed by atoms with Gasteiger partial charge in [-0.3, -0.25) is 4.57 Å². The van der Waals surface area contributed by atoms with Crippen LogP contribution in [0.15, 0.2) is 34.8 Å². The standard InChI is InChI=1S/C13H10BrClN4O/c1-20-10-6-5-8-12(18-10)19(13(16)17-8)9-4-2-3-7(15)11(9)14/h2-6H,1H3,(H2,16,17). The molecule has 20 heavy (non-hydrogen) atoms. The Hall–Kier alpha value is -1.79. The van der Waals surface area contributed by atoms with E-state index in [0.717, 1.165) is 10.2 Å². The van der Waals surface area contributed by atoms with Crippen LogP contribution in [0, 0.1) is 0 Å². The minimum absolute atomic E-state index is 0.337. The first-order valence-corrected chi connectivity index (χ1v) is 6.92. The van der Waals surface area contributed by atoms with Gasteiger partial charge >= 0.3 is 0 Å². The summed E-state index contributed by atoms with van der Waals surface area (Å²) < 4.78 is 7.61. The van der Waals surface area contributed by atoms with Crippen LogP contribution in [0.4, 0.5) is 5.95 Å². The van der Waals surface area contributed by atoms with Crippen molar-refractivity contribution in [2.24, 2.45) is 0 Å². The number of aromatic nitrogens is 3. The van der Waals surface area contributed by atoms with E-state index < -0.39 is 0 Å². The molecule has 0 aliphatic carbocycles. The number of imidazole rings is 1. The minimum atomic E-state index is 0.337. The third-order valence-electron chi connectivity index (χ3n) is 2.89. The fraction of sp³-hybridized carbons (Fsp3) is 0.0769. The van der Waals surface area contributed by atoms with Gasteiger partial charge in [0, 0.05) is 6.07 Å². The molecule has 0 amide bonds. The van der Waals surface area contributed by atoms with Crippen LogP contribution in [0.2, 0.25) is 5.02 Å². The van der Waals surface area contributed by atoms with E-state index in [1.165, 1.54) is 0 Å². The summed E-state index contributed by atoms with van der Waals surface area (Å²) in [6, 6.07) is 9.07. The Bertz CT molecular complexity index is 802. The molecular weight excluding hydrogens is 344 g/mol. The third-order valence-corrected chi connectivity index (χ3v) is 4.26. The highest BCUT2D eigenvalue weighted by Crippen LogP contribution is 2.32. The second kappa shape index (κ2) is 4.96. The fourth-order valence-corrected chi connectivity index (χ4v) is 2.58. The maximum absolute atomic E-state index is 6.13. The Morgan fingerprint density at radius 3 is 2.80 bits per heavy atom. The highest BCUT2D eigenvalue weighted by molar-refractivity contribution is 9.10. The van der Waals surface area contributed by atoms with Crippen LogP contribution in [0.3, 0.4) is 0 Å². The highest BCUT2D eigenvalue weighted by atomic mass is 79.9. The molecule has 0 aliphatic heterocycles. The summed E-state index contributed by atoms with van der Waals surface area (Å²) in [5, 5.41) is 0.589. The molecule has 2 aromatic heterocycles. The quantitative estimate of drug-likeness (QED) is 0.766. The predicted octanol–water partition coefficient (Wildman–Crippen LogP) is 3.43. The minimum Gasteiger partial charge on any atom is -0.481 e. The average molecular weight is 354 g/mol. The van der Waals surface area contributed by atoms with Gasteiger partial charge in [0.25, 0.3) is 0 Å². The molecule has 3 aromatic rings. The second-order valence-electron chi connectivity index (χ2n) is 4.07. The van der Waals surface area contributed by atoms with E-state index in [2.05, 4.69) is 25.9 Å². The molecule has 1 aromatic carbocycles. The number of hydrogen-bond donors (Lipinski definition) is 1. The Morgan fingerprint density at radius 1 is 1.25 bits per heavy atom. The van der Waals surface area contributed by atoms with E-state index >= 15 is 0 Å². The molecule has 2 heterocycles. The maximum Gasteiger partial charge on any atom is 0.215 e. The second-order valence-corrected chi connectivity index (χ2v) is 5.27. The molecule has 3 rings (SSSR count). The van der Waals surface area contributed by atoms with Crippen LogP contribution in [-0.2, 0) is 0 Å². The molecule has 7 heteroatoms. The lowest BCUT2D eigenvalue weighted by Crippen LogP contribution is -2.02. The zero-order chi connectivity index (χ0) is 14.3. The number of pyridine rings is 1. The molecule has 0 aliphatic rings. The molecule has 0 unspecified atom stereocenters. The lowest BCUT2D eigenvalue weighted by atomic mass is 10.3. The Labute approximate surface area is 128 Å². The topological polar surface area (TPSA) is 66.0 Å². The monoisotopic (exact) mass is 352 g/mol. The number of benzene rings is 1. The number of hydrogen-bond acceptors (Lipinski definition) is 4. The molecule has 0 atom stereocenters. The normalized spacial score (nSPS) is 10.9. The predicted molar refractivity (Wildman–Crippen MR) is 82.5 cm³/mol. The number of anilines is 1. The van der Waals surface area contributed by atoms with Crippen molar-refractivity contribution < 1.29 is 4.74 Å². The SMILES string of the molecule is COc1ccc2nc(N)n(-c3cccc(Cl)c3Br)c2n1. The lowest BCUT2D eigenvalue weighted by molar-refractivity contribution is 0.399. The van der Waals surface area contributed by atoms with Gasteiger partial charge in [0.2, 0.25) is 11.8 Å². The van der Waals surface area contributed by atoms with Gasteiger partial charge in [-0.05, 0) is 34.1 Å². The van der Waals surface area contributed by atoms with Gasteiger partial charge < -0.3 is 10.5 Å². The van der Waals surface area contributed by atoms with Crippen LogP contribution < -0.4 is 10.5 Å². The first-order chi connectivity index (χ1) is 9.61. The Balaban J connectivity index is 2.35. The molecule has 0 spiro atoms. The molecule has 0 fully saturated rings. The van der Waals surface area contributed by atoms with Crippen LogP contribution in [-0.4, -0.2) is 21.6 Å². The Morgan fingerprint density at radius 2 is 2.05 bits per heavy atom. The van der Waals surface area contributed by atoms with Gasteiger partial charge in [0.1, 0.15) is 5.52 Å².